The molecule has 0 saturated carbocycles. The van der Waals surface area contributed by atoms with Crippen molar-refractivity contribution in [3.05, 3.63) is 112 Å². The SMILES string of the molecule is O=C(C=Cc1ccc(OCc2ccccc2)cc1)c1ccccc1[N+](=O)[O-]. The minimum atomic E-state index is -0.556. The van der Waals surface area contributed by atoms with Crippen LogP contribution in [0, 0.1) is 10.1 Å². The fourth-order valence-electron chi connectivity index (χ4n) is 2.52. The zero-order valence-electron chi connectivity index (χ0n) is 14.4. The molecule has 0 atom stereocenters. The van der Waals surface area contributed by atoms with Gasteiger partial charge in [0.2, 0.25) is 0 Å². The molecule has 0 aromatic heterocycles. The van der Waals surface area contributed by atoms with E-state index in [-0.39, 0.29) is 11.3 Å². The lowest BCUT2D eigenvalue weighted by molar-refractivity contribution is -0.385. The molecule has 0 unspecified atom stereocenters. The predicted octanol–water partition coefficient (Wildman–Crippen LogP) is 5.07. The molecular formula is C22H17NO4. The molecule has 0 radical (unpaired) electrons. The van der Waals surface area contributed by atoms with Crippen LogP contribution in [-0.2, 0) is 6.61 Å². The molecule has 0 heterocycles. The number of carbonyl (C=O) groups excluding carboxylic acids is 1. The summed E-state index contributed by atoms with van der Waals surface area (Å²) in [5, 5.41) is 11.0. The third-order valence-corrected chi connectivity index (χ3v) is 3.92. The van der Waals surface area contributed by atoms with Gasteiger partial charge in [-0.25, -0.2) is 0 Å². The molecule has 134 valence electrons. The highest BCUT2D eigenvalue weighted by Gasteiger charge is 2.16. The van der Waals surface area contributed by atoms with Gasteiger partial charge in [0.25, 0.3) is 5.69 Å². The van der Waals surface area contributed by atoms with Crippen molar-refractivity contribution in [2.45, 2.75) is 6.61 Å². The van der Waals surface area contributed by atoms with Crippen LogP contribution in [0.5, 0.6) is 5.75 Å². The molecule has 0 fully saturated rings. The van der Waals surface area contributed by atoms with Gasteiger partial charge in [0, 0.05) is 6.07 Å². The van der Waals surface area contributed by atoms with E-state index >= 15 is 0 Å². The smallest absolute Gasteiger partial charge is 0.280 e. The van der Waals surface area contributed by atoms with Crippen LogP contribution in [0.2, 0.25) is 0 Å². The first-order valence-corrected chi connectivity index (χ1v) is 8.36. The minimum Gasteiger partial charge on any atom is -0.489 e. The molecule has 0 aliphatic rings. The summed E-state index contributed by atoms with van der Waals surface area (Å²) in [6.45, 7) is 0.478. The zero-order chi connectivity index (χ0) is 19.1. The number of nitro benzene ring substituents is 1. The lowest BCUT2D eigenvalue weighted by Crippen LogP contribution is -2.00. The standard InChI is InChI=1S/C22H17NO4/c24-22(20-8-4-5-9-21(20)23(25)26)15-12-17-10-13-19(14-11-17)27-16-18-6-2-1-3-7-18/h1-15H,16H2. The first-order chi connectivity index (χ1) is 13.1. The van der Waals surface area contributed by atoms with E-state index in [0.717, 1.165) is 16.9 Å². The third kappa shape index (κ3) is 4.89. The van der Waals surface area contributed by atoms with Crippen molar-refractivity contribution in [3.63, 3.8) is 0 Å². The molecule has 3 aromatic rings. The van der Waals surface area contributed by atoms with Gasteiger partial charge < -0.3 is 4.74 Å². The van der Waals surface area contributed by atoms with Crippen LogP contribution in [0.15, 0.2) is 84.9 Å². The summed E-state index contributed by atoms with van der Waals surface area (Å²) in [4.78, 5) is 22.7. The van der Waals surface area contributed by atoms with Gasteiger partial charge in [-0.2, -0.15) is 0 Å². The average Bonchev–Trinajstić information content (AvgIpc) is 2.72. The number of nitrogens with zero attached hydrogens (tertiary/aromatic N) is 1. The predicted molar refractivity (Wildman–Crippen MR) is 104 cm³/mol. The van der Waals surface area contributed by atoms with Gasteiger partial charge in [0.1, 0.15) is 12.4 Å². The Morgan fingerprint density at radius 3 is 2.30 bits per heavy atom. The second-order valence-electron chi connectivity index (χ2n) is 5.82. The van der Waals surface area contributed by atoms with Gasteiger partial charge in [-0.05, 0) is 35.4 Å². The Bertz CT molecular complexity index is 963. The molecule has 0 aliphatic carbocycles. The van der Waals surface area contributed by atoms with Crippen LogP contribution in [0.3, 0.4) is 0 Å². The number of carbonyl (C=O) groups is 1. The van der Waals surface area contributed by atoms with Gasteiger partial charge in [0.05, 0.1) is 10.5 Å². The summed E-state index contributed by atoms with van der Waals surface area (Å²) >= 11 is 0. The molecule has 0 saturated heterocycles. The third-order valence-electron chi connectivity index (χ3n) is 3.92. The molecule has 0 bridgehead atoms. The van der Waals surface area contributed by atoms with Crippen LogP contribution in [0.25, 0.3) is 6.08 Å². The van der Waals surface area contributed by atoms with E-state index in [1.165, 1.54) is 24.3 Å². The maximum atomic E-state index is 12.3. The van der Waals surface area contributed by atoms with Crippen LogP contribution in [0.1, 0.15) is 21.5 Å². The molecule has 3 aromatic carbocycles. The number of rotatable bonds is 7. The lowest BCUT2D eigenvalue weighted by Gasteiger charge is -2.06. The van der Waals surface area contributed by atoms with Gasteiger partial charge in [0.15, 0.2) is 5.78 Å². The first kappa shape index (κ1) is 18.1. The summed E-state index contributed by atoms with van der Waals surface area (Å²) < 4.78 is 5.72. The van der Waals surface area contributed by atoms with E-state index in [9.17, 15) is 14.9 Å². The maximum absolute atomic E-state index is 12.3. The summed E-state index contributed by atoms with van der Waals surface area (Å²) in [5.41, 5.74) is 1.75. The number of benzene rings is 3. The molecule has 5 nitrogen and oxygen atoms in total. The van der Waals surface area contributed by atoms with Crippen molar-refractivity contribution >= 4 is 17.5 Å². The normalized spacial score (nSPS) is 10.7. The molecular weight excluding hydrogens is 342 g/mol. The van der Waals surface area contributed by atoms with Crippen molar-refractivity contribution in [1.29, 1.82) is 0 Å². The van der Waals surface area contributed by atoms with Gasteiger partial charge in [-0.1, -0.05) is 60.7 Å². The minimum absolute atomic E-state index is 0.0709. The molecule has 0 amide bonds. The van der Waals surface area contributed by atoms with Gasteiger partial charge in [-0.3, -0.25) is 14.9 Å². The number of hydrogen-bond donors (Lipinski definition) is 0. The molecule has 0 aliphatic heterocycles. The Hall–Kier alpha value is -3.73. The van der Waals surface area contributed by atoms with Crippen LogP contribution in [-0.4, -0.2) is 10.7 Å². The van der Waals surface area contributed by atoms with Gasteiger partial charge >= 0.3 is 0 Å². The fraction of sp³-hybridized carbons (Fsp3) is 0.0455. The molecule has 0 spiro atoms. The molecule has 3 rings (SSSR count). The molecule has 0 N–H and O–H groups in total. The number of ketones is 1. The van der Waals surface area contributed by atoms with E-state index in [0.29, 0.717) is 6.61 Å². The maximum Gasteiger partial charge on any atom is 0.280 e. The molecule has 5 heteroatoms. The highest BCUT2D eigenvalue weighted by atomic mass is 16.6. The van der Waals surface area contributed by atoms with Crippen molar-refractivity contribution < 1.29 is 14.5 Å². The highest BCUT2D eigenvalue weighted by molar-refractivity contribution is 6.09. The average molecular weight is 359 g/mol. The number of ether oxygens (including phenoxy) is 1. The van der Waals surface area contributed by atoms with Crippen LogP contribution < -0.4 is 4.74 Å². The Morgan fingerprint density at radius 2 is 1.59 bits per heavy atom. The second-order valence-corrected chi connectivity index (χ2v) is 5.82. The van der Waals surface area contributed by atoms with E-state index in [1.807, 2.05) is 54.6 Å². The van der Waals surface area contributed by atoms with E-state index < -0.39 is 10.7 Å². The monoisotopic (exact) mass is 359 g/mol. The Morgan fingerprint density at radius 1 is 0.926 bits per heavy atom. The van der Waals surface area contributed by atoms with Crippen molar-refractivity contribution in [3.8, 4) is 5.75 Å². The lowest BCUT2D eigenvalue weighted by atomic mass is 10.1. The van der Waals surface area contributed by atoms with Crippen LogP contribution in [0.4, 0.5) is 5.69 Å². The number of nitro groups is 1. The van der Waals surface area contributed by atoms with E-state index in [2.05, 4.69) is 0 Å². The highest BCUT2D eigenvalue weighted by Crippen LogP contribution is 2.20. The largest absolute Gasteiger partial charge is 0.489 e. The van der Waals surface area contributed by atoms with E-state index in [1.54, 1.807) is 12.1 Å². The van der Waals surface area contributed by atoms with Crippen LogP contribution >= 0.6 is 0 Å². The fourth-order valence-corrected chi connectivity index (χ4v) is 2.52. The Kier molecular flexibility index (Phi) is 5.74. The zero-order valence-corrected chi connectivity index (χ0v) is 14.4. The van der Waals surface area contributed by atoms with Crippen molar-refractivity contribution in [2.75, 3.05) is 0 Å². The van der Waals surface area contributed by atoms with Crippen molar-refractivity contribution in [1.82, 2.24) is 0 Å². The number of allylic oxidation sites excluding steroid dienone is 1. The van der Waals surface area contributed by atoms with Gasteiger partial charge in [-0.15, -0.1) is 0 Å². The number of hydrogen-bond acceptors (Lipinski definition) is 4. The van der Waals surface area contributed by atoms with Crippen molar-refractivity contribution in [2.24, 2.45) is 0 Å². The quantitative estimate of drug-likeness (QED) is 0.256. The Labute approximate surface area is 156 Å². The second kappa shape index (κ2) is 8.58. The summed E-state index contributed by atoms with van der Waals surface area (Å²) in [6, 6.07) is 23.0. The van der Waals surface area contributed by atoms with E-state index in [4.69, 9.17) is 4.74 Å². The number of para-hydroxylation sites is 1. The first-order valence-electron chi connectivity index (χ1n) is 8.36. The summed E-state index contributed by atoms with van der Waals surface area (Å²) in [7, 11) is 0. The molecule has 27 heavy (non-hydrogen) atoms. The topological polar surface area (TPSA) is 69.4 Å². The Balaban J connectivity index is 1.64. The summed E-state index contributed by atoms with van der Waals surface area (Å²) in [5.74, 6) is 0.313. The summed E-state index contributed by atoms with van der Waals surface area (Å²) in [6.07, 6.45) is 2.96.